The summed E-state index contributed by atoms with van der Waals surface area (Å²) < 4.78 is 32.2. The zero-order chi connectivity index (χ0) is 21.5. The van der Waals surface area contributed by atoms with Crippen LogP contribution >= 0.6 is 23.2 Å². The number of hydrogen-bond donors (Lipinski definition) is 2. The topological polar surface area (TPSA) is 67.4 Å². The summed E-state index contributed by atoms with van der Waals surface area (Å²) >= 11 is 11.2. The summed E-state index contributed by atoms with van der Waals surface area (Å²) in [5.41, 5.74) is -0.225. The van der Waals surface area contributed by atoms with Crippen molar-refractivity contribution in [2.75, 3.05) is 13.2 Å². The maximum absolute atomic E-state index is 13.5. The largest absolute Gasteiger partial charge is 0.484 e. The van der Waals surface area contributed by atoms with Crippen LogP contribution in [0.15, 0.2) is 36.4 Å². The predicted octanol–water partition coefficient (Wildman–Crippen LogP) is 3.91. The third-order valence-corrected chi connectivity index (χ3v) is 6.17. The summed E-state index contributed by atoms with van der Waals surface area (Å²) in [5.74, 6) is -1.54. The Hall–Kier alpha value is -2.22. The number of halogens is 4. The van der Waals surface area contributed by atoms with E-state index >= 15 is 0 Å². The van der Waals surface area contributed by atoms with Crippen LogP contribution in [0.4, 0.5) is 8.78 Å². The average Bonchev–Trinajstić information content (AvgIpc) is 2.65. The molecule has 9 heteroatoms. The van der Waals surface area contributed by atoms with Gasteiger partial charge in [0.15, 0.2) is 12.4 Å². The maximum Gasteiger partial charge on any atom is 0.258 e. The van der Waals surface area contributed by atoms with E-state index in [2.05, 4.69) is 10.6 Å². The second-order valence-corrected chi connectivity index (χ2v) is 8.72. The Labute approximate surface area is 181 Å². The minimum absolute atomic E-state index is 0.0156. The lowest BCUT2D eigenvalue weighted by Crippen LogP contribution is -2.83. The van der Waals surface area contributed by atoms with Crippen LogP contribution in [0.2, 0.25) is 10.0 Å². The molecule has 0 unspecified atom stereocenters. The summed E-state index contributed by atoms with van der Waals surface area (Å²) in [6, 6.07) is 7.95. The van der Waals surface area contributed by atoms with E-state index < -0.39 is 11.6 Å². The van der Waals surface area contributed by atoms with Gasteiger partial charge in [-0.1, -0.05) is 23.2 Å². The number of carbonyl (C=O) groups is 2. The van der Waals surface area contributed by atoms with E-state index in [-0.39, 0.29) is 57.3 Å². The molecular formula is C21H18Cl2F2N2O3. The fraction of sp³-hybridized carbons (Fsp3) is 0.333. The highest BCUT2D eigenvalue weighted by molar-refractivity contribution is 6.31. The van der Waals surface area contributed by atoms with Gasteiger partial charge in [-0.15, -0.1) is 0 Å². The maximum atomic E-state index is 13.5. The SMILES string of the molecule is O=C(COc1ccc(Cl)c(F)c1)NC12CC(NCC(=O)c3ccc(Cl)c(F)c3)(C1)C2. The Kier molecular flexibility index (Phi) is 5.46. The molecule has 0 spiro atoms. The third-order valence-electron chi connectivity index (χ3n) is 5.56. The molecular weight excluding hydrogens is 437 g/mol. The highest BCUT2D eigenvalue weighted by Gasteiger charge is 2.68. The van der Waals surface area contributed by atoms with Gasteiger partial charge in [-0.2, -0.15) is 0 Å². The van der Waals surface area contributed by atoms with Crippen LogP contribution in [0.25, 0.3) is 0 Å². The standard InChI is InChI=1S/C21H18Cl2F2N2O3/c22-14-3-1-12(5-16(14)24)18(28)7-26-20-9-21(10-20,11-20)27-19(29)8-30-13-2-4-15(23)17(25)6-13/h1-6,26H,7-11H2,(H,27,29). The van der Waals surface area contributed by atoms with E-state index in [9.17, 15) is 18.4 Å². The Morgan fingerprint density at radius 3 is 2.23 bits per heavy atom. The molecule has 5 rings (SSSR count). The number of benzene rings is 2. The number of hydrogen-bond acceptors (Lipinski definition) is 4. The van der Waals surface area contributed by atoms with E-state index in [1.807, 2.05) is 0 Å². The van der Waals surface area contributed by atoms with Gasteiger partial charge in [0.05, 0.1) is 16.6 Å². The summed E-state index contributed by atoms with van der Waals surface area (Å²) in [4.78, 5) is 24.4. The van der Waals surface area contributed by atoms with Crippen molar-refractivity contribution in [3.05, 3.63) is 63.6 Å². The Morgan fingerprint density at radius 1 is 0.967 bits per heavy atom. The molecule has 3 saturated carbocycles. The molecule has 0 aromatic heterocycles. The second-order valence-electron chi connectivity index (χ2n) is 7.91. The van der Waals surface area contributed by atoms with Gasteiger partial charge < -0.3 is 15.4 Å². The molecule has 1 amide bonds. The number of Topliss-reactive ketones (excluding diaryl/α,β-unsaturated/α-hetero) is 1. The first-order valence-corrected chi connectivity index (χ1v) is 10.1. The van der Waals surface area contributed by atoms with Gasteiger partial charge in [0.1, 0.15) is 17.4 Å². The number of nitrogens with one attached hydrogen (secondary N) is 2. The molecule has 30 heavy (non-hydrogen) atoms. The van der Waals surface area contributed by atoms with E-state index in [0.717, 1.165) is 12.1 Å². The predicted molar refractivity (Wildman–Crippen MR) is 108 cm³/mol. The van der Waals surface area contributed by atoms with E-state index in [4.69, 9.17) is 27.9 Å². The van der Waals surface area contributed by atoms with Crippen LogP contribution in [0.5, 0.6) is 5.75 Å². The van der Waals surface area contributed by atoms with Crippen LogP contribution in [0.3, 0.4) is 0 Å². The minimum Gasteiger partial charge on any atom is -0.484 e. The van der Waals surface area contributed by atoms with Crippen molar-refractivity contribution in [3.8, 4) is 5.75 Å². The molecule has 0 saturated heterocycles. The molecule has 5 nitrogen and oxygen atoms in total. The summed E-state index contributed by atoms with van der Waals surface area (Å²) in [6.45, 7) is -0.153. The smallest absolute Gasteiger partial charge is 0.258 e. The first kappa shape index (κ1) is 21.0. The lowest BCUT2D eigenvalue weighted by Gasteiger charge is -2.70. The van der Waals surface area contributed by atoms with Gasteiger partial charge in [0.2, 0.25) is 0 Å². The minimum atomic E-state index is -0.627. The van der Waals surface area contributed by atoms with Crippen molar-refractivity contribution in [3.63, 3.8) is 0 Å². The van der Waals surface area contributed by atoms with Crippen LogP contribution in [0, 0.1) is 11.6 Å². The number of rotatable bonds is 8. The van der Waals surface area contributed by atoms with Gasteiger partial charge >= 0.3 is 0 Å². The lowest BCUT2D eigenvalue weighted by atomic mass is 9.44. The van der Waals surface area contributed by atoms with Crippen molar-refractivity contribution in [2.45, 2.75) is 30.3 Å². The number of ether oxygens (including phenoxy) is 1. The molecule has 3 aliphatic rings. The van der Waals surface area contributed by atoms with Crippen LogP contribution in [-0.4, -0.2) is 35.9 Å². The van der Waals surface area contributed by atoms with Gasteiger partial charge in [-0.3, -0.25) is 9.59 Å². The summed E-state index contributed by atoms with van der Waals surface area (Å²) in [6.07, 6.45) is 2.09. The molecule has 2 aromatic carbocycles. The molecule has 0 radical (unpaired) electrons. The molecule has 3 fully saturated rings. The number of carbonyl (C=O) groups excluding carboxylic acids is 2. The molecule has 158 valence electrons. The second kappa shape index (κ2) is 7.80. The lowest BCUT2D eigenvalue weighted by molar-refractivity contribution is -0.142. The molecule has 2 N–H and O–H groups in total. The zero-order valence-electron chi connectivity index (χ0n) is 15.7. The third kappa shape index (κ3) is 4.15. The van der Waals surface area contributed by atoms with E-state index in [1.54, 1.807) is 0 Å². The van der Waals surface area contributed by atoms with E-state index in [1.165, 1.54) is 24.3 Å². The van der Waals surface area contributed by atoms with Crippen molar-refractivity contribution in [2.24, 2.45) is 0 Å². The number of amides is 1. The fourth-order valence-electron chi connectivity index (χ4n) is 4.19. The van der Waals surface area contributed by atoms with E-state index in [0.29, 0.717) is 19.3 Å². The summed E-state index contributed by atoms with van der Waals surface area (Å²) in [5, 5.41) is 6.12. The zero-order valence-corrected chi connectivity index (χ0v) is 17.2. The molecule has 0 heterocycles. The average molecular weight is 455 g/mol. The van der Waals surface area contributed by atoms with Crippen molar-refractivity contribution in [1.82, 2.24) is 10.6 Å². The number of ketones is 1. The van der Waals surface area contributed by atoms with Crippen molar-refractivity contribution in [1.29, 1.82) is 0 Å². The van der Waals surface area contributed by atoms with Gasteiger partial charge in [-0.05, 0) is 49.6 Å². The van der Waals surface area contributed by atoms with Crippen LogP contribution in [0.1, 0.15) is 29.6 Å². The van der Waals surface area contributed by atoms with Gasteiger partial charge in [-0.25, -0.2) is 8.78 Å². The molecule has 3 aliphatic carbocycles. The van der Waals surface area contributed by atoms with Crippen LogP contribution in [-0.2, 0) is 4.79 Å². The quantitative estimate of drug-likeness (QED) is 0.593. The molecule has 0 aliphatic heterocycles. The Balaban J connectivity index is 1.20. The normalized spacial score (nSPS) is 23.9. The molecule has 0 atom stereocenters. The monoisotopic (exact) mass is 454 g/mol. The molecule has 2 aromatic rings. The highest BCUT2D eigenvalue weighted by atomic mass is 35.5. The van der Waals surface area contributed by atoms with Crippen molar-refractivity contribution < 1.29 is 23.1 Å². The van der Waals surface area contributed by atoms with Crippen molar-refractivity contribution >= 4 is 34.9 Å². The first-order chi connectivity index (χ1) is 14.2. The highest BCUT2D eigenvalue weighted by Crippen LogP contribution is 2.60. The van der Waals surface area contributed by atoms with Gasteiger partial charge in [0, 0.05) is 22.7 Å². The van der Waals surface area contributed by atoms with Gasteiger partial charge in [0.25, 0.3) is 5.91 Å². The first-order valence-electron chi connectivity index (χ1n) is 9.32. The van der Waals surface area contributed by atoms with Crippen LogP contribution < -0.4 is 15.4 Å². The Morgan fingerprint density at radius 2 is 1.60 bits per heavy atom. The molecule has 2 bridgehead atoms. The fourth-order valence-corrected chi connectivity index (χ4v) is 4.43. The Bertz CT molecular complexity index is 1010. The summed E-state index contributed by atoms with van der Waals surface area (Å²) in [7, 11) is 0.